The Labute approximate surface area is 150 Å². The third kappa shape index (κ3) is 4.80. The van der Waals surface area contributed by atoms with Crippen LogP contribution in [0.4, 0.5) is 0 Å². The van der Waals surface area contributed by atoms with E-state index >= 15 is 0 Å². The number of halogens is 2. The lowest BCUT2D eigenvalue weighted by Gasteiger charge is -2.30. The highest BCUT2D eigenvalue weighted by Gasteiger charge is 2.19. The van der Waals surface area contributed by atoms with Crippen molar-refractivity contribution in [2.75, 3.05) is 26.2 Å². The van der Waals surface area contributed by atoms with Crippen LogP contribution in [-0.4, -0.2) is 37.4 Å². The highest BCUT2D eigenvalue weighted by Crippen LogP contribution is 2.13. The maximum atomic E-state index is 6.25. The van der Waals surface area contributed by atoms with Gasteiger partial charge in [-0.25, -0.2) is 0 Å². The molecule has 2 aromatic rings. The Morgan fingerprint density at radius 2 is 1.91 bits per heavy atom. The topological polar surface area (TPSA) is 20.0 Å². The Hall–Kier alpha value is -1.36. The minimum atomic E-state index is 0.870. The molecule has 1 heterocycles. The summed E-state index contributed by atoms with van der Waals surface area (Å²) in [5.41, 5.74) is 2.35. The molecule has 0 aromatic heterocycles. The van der Waals surface area contributed by atoms with Crippen molar-refractivity contribution in [3.8, 4) is 0 Å². The third-order valence-electron chi connectivity index (χ3n) is 4.06. The summed E-state index contributed by atoms with van der Waals surface area (Å²) in [6, 6.07) is 16.3. The molecule has 0 saturated carbocycles. The third-order valence-corrected chi connectivity index (χ3v) is 4.93. The minimum absolute atomic E-state index is 0.870. The quantitative estimate of drug-likeness (QED) is 0.792. The van der Waals surface area contributed by atoms with Crippen LogP contribution in [0.5, 0.6) is 0 Å². The number of hydrogen-bond acceptors (Lipinski definition) is 2. The molecule has 0 amide bonds. The molecule has 0 spiro atoms. The minimum Gasteiger partial charge on any atom is -0.328 e. The van der Waals surface area contributed by atoms with Gasteiger partial charge in [-0.2, -0.15) is 5.10 Å². The largest absolute Gasteiger partial charge is 0.328 e. The first-order valence-electron chi connectivity index (χ1n) is 7.82. The van der Waals surface area contributed by atoms with E-state index in [2.05, 4.69) is 50.3 Å². The number of nitrogens with one attached hydrogen (secondary N) is 1. The SMILES string of the molecule is Clc1ccccc1C[NH+]1CCN(/N=C/c2cccc(Br)c2)CC1. The molecule has 0 atom stereocenters. The second-order valence-electron chi connectivity index (χ2n) is 5.77. The van der Waals surface area contributed by atoms with Gasteiger partial charge >= 0.3 is 0 Å². The zero-order valence-corrected chi connectivity index (χ0v) is 15.2. The molecule has 1 aliphatic rings. The predicted molar refractivity (Wildman–Crippen MR) is 99.2 cm³/mol. The van der Waals surface area contributed by atoms with Crippen molar-refractivity contribution in [2.24, 2.45) is 5.10 Å². The first kappa shape index (κ1) is 16.5. The molecule has 5 heteroatoms. The summed E-state index contributed by atoms with van der Waals surface area (Å²) in [6.45, 7) is 5.11. The summed E-state index contributed by atoms with van der Waals surface area (Å²) in [5.74, 6) is 0. The van der Waals surface area contributed by atoms with Gasteiger partial charge in [0.2, 0.25) is 0 Å². The second-order valence-corrected chi connectivity index (χ2v) is 7.09. The molecule has 1 N–H and O–H groups in total. The van der Waals surface area contributed by atoms with E-state index in [9.17, 15) is 0 Å². The number of rotatable bonds is 4. The fourth-order valence-electron chi connectivity index (χ4n) is 2.75. The molecule has 0 radical (unpaired) electrons. The van der Waals surface area contributed by atoms with Gasteiger partial charge in [0.15, 0.2) is 0 Å². The van der Waals surface area contributed by atoms with Crippen molar-refractivity contribution in [1.29, 1.82) is 0 Å². The van der Waals surface area contributed by atoms with Crippen LogP contribution in [0.15, 0.2) is 58.1 Å². The Bertz CT molecular complexity index is 681. The van der Waals surface area contributed by atoms with Crippen molar-refractivity contribution in [1.82, 2.24) is 5.01 Å². The van der Waals surface area contributed by atoms with Crippen molar-refractivity contribution in [3.63, 3.8) is 0 Å². The number of nitrogens with zero attached hydrogens (tertiary/aromatic N) is 2. The van der Waals surface area contributed by atoms with Gasteiger partial charge < -0.3 is 4.90 Å². The smallest absolute Gasteiger partial charge is 0.104 e. The molecule has 120 valence electrons. The molecular weight excluding hydrogens is 374 g/mol. The van der Waals surface area contributed by atoms with E-state index in [1.807, 2.05) is 30.5 Å². The fraction of sp³-hybridized carbons (Fsp3) is 0.278. The number of benzene rings is 2. The first-order chi connectivity index (χ1) is 11.2. The molecule has 0 aliphatic carbocycles. The van der Waals surface area contributed by atoms with Crippen molar-refractivity contribution in [2.45, 2.75) is 6.54 Å². The van der Waals surface area contributed by atoms with Crippen molar-refractivity contribution in [3.05, 3.63) is 69.2 Å². The molecule has 1 saturated heterocycles. The molecule has 3 nitrogen and oxygen atoms in total. The highest BCUT2D eigenvalue weighted by atomic mass is 79.9. The van der Waals surface area contributed by atoms with Crippen LogP contribution in [-0.2, 0) is 6.54 Å². The van der Waals surface area contributed by atoms with Crippen molar-refractivity contribution >= 4 is 33.7 Å². The number of hydrazone groups is 1. The van der Waals surface area contributed by atoms with Crippen LogP contribution in [0.2, 0.25) is 5.02 Å². The second kappa shape index (κ2) is 7.95. The van der Waals surface area contributed by atoms with Crippen LogP contribution in [0.25, 0.3) is 0 Å². The predicted octanol–water partition coefficient (Wildman–Crippen LogP) is 2.84. The molecule has 2 aromatic carbocycles. The summed E-state index contributed by atoms with van der Waals surface area (Å²) < 4.78 is 1.08. The summed E-state index contributed by atoms with van der Waals surface area (Å²) in [6.07, 6.45) is 1.93. The van der Waals surface area contributed by atoms with Gasteiger partial charge in [0.1, 0.15) is 6.54 Å². The van der Waals surface area contributed by atoms with Crippen LogP contribution < -0.4 is 4.90 Å². The van der Waals surface area contributed by atoms with E-state index in [1.54, 1.807) is 4.90 Å². The van der Waals surface area contributed by atoms with Gasteiger partial charge in [-0.1, -0.05) is 57.9 Å². The standard InChI is InChI=1S/C18H19BrClN3/c19-17-6-3-4-15(12-17)13-21-23-10-8-22(9-11-23)14-16-5-1-2-7-18(16)20/h1-7,12-13H,8-11,14H2/p+1/b21-13+. The van der Waals surface area contributed by atoms with Gasteiger partial charge in [0.05, 0.1) is 32.4 Å². The number of quaternary nitrogens is 1. The van der Waals surface area contributed by atoms with Crippen molar-refractivity contribution < 1.29 is 4.90 Å². The van der Waals surface area contributed by atoms with E-state index in [0.29, 0.717) is 0 Å². The Morgan fingerprint density at radius 3 is 2.65 bits per heavy atom. The fourth-order valence-corrected chi connectivity index (χ4v) is 3.37. The zero-order chi connectivity index (χ0) is 16.1. The van der Waals surface area contributed by atoms with Gasteiger partial charge in [0, 0.05) is 15.1 Å². The highest BCUT2D eigenvalue weighted by molar-refractivity contribution is 9.10. The van der Waals surface area contributed by atoms with E-state index in [-0.39, 0.29) is 0 Å². The first-order valence-corrected chi connectivity index (χ1v) is 8.99. The monoisotopic (exact) mass is 392 g/mol. The van der Waals surface area contributed by atoms with Gasteiger partial charge in [-0.3, -0.25) is 5.01 Å². The normalized spacial score (nSPS) is 16.2. The summed E-state index contributed by atoms with van der Waals surface area (Å²) in [4.78, 5) is 1.56. The maximum absolute atomic E-state index is 6.25. The average molecular weight is 394 g/mol. The summed E-state index contributed by atoms with van der Waals surface area (Å²) in [7, 11) is 0. The van der Waals surface area contributed by atoms with Gasteiger partial charge in [-0.05, 0) is 23.8 Å². The molecule has 0 unspecified atom stereocenters. The maximum Gasteiger partial charge on any atom is 0.104 e. The average Bonchev–Trinajstić information content (AvgIpc) is 2.56. The zero-order valence-electron chi connectivity index (χ0n) is 12.9. The molecule has 1 aliphatic heterocycles. The van der Waals surface area contributed by atoms with E-state index < -0.39 is 0 Å². The van der Waals surface area contributed by atoms with Crippen LogP contribution in [0.1, 0.15) is 11.1 Å². The van der Waals surface area contributed by atoms with E-state index in [4.69, 9.17) is 11.6 Å². The lowest BCUT2D eigenvalue weighted by molar-refractivity contribution is -0.918. The Morgan fingerprint density at radius 1 is 1.13 bits per heavy atom. The van der Waals surface area contributed by atoms with Gasteiger partial charge in [0.25, 0.3) is 0 Å². The van der Waals surface area contributed by atoms with Crippen LogP contribution in [0.3, 0.4) is 0 Å². The molecule has 3 rings (SSSR count). The number of hydrogen-bond donors (Lipinski definition) is 1. The summed E-state index contributed by atoms with van der Waals surface area (Å²) >= 11 is 9.74. The van der Waals surface area contributed by atoms with Crippen LogP contribution >= 0.6 is 27.5 Å². The molecule has 0 bridgehead atoms. The Balaban J connectivity index is 1.51. The van der Waals surface area contributed by atoms with Crippen LogP contribution in [0, 0.1) is 0 Å². The molecule has 1 fully saturated rings. The Kier molecular flexibility index (Phi) is 5.70. The lowest BCUT2D eigenvalue weighted by atomic mass is 10.2. The van der Waals surface area contributed by atoms with E-state index in [0.717, 1.165) is 47.8 Å². The molecule has 23 heavy (non-hydrogen) atoms. The lowest BCUT2D eigenvalue weighted by Crippen LogP contribution is -3.13. The van der Waals surface area contributed by atoms with E-state index in [1.165, 1.54) is 5.56 Å². The summed E-state index contributed by atoms with van der Waals surface area (Å²) in [5, 5.41) is 7.62. The van der Waals surface area contributed by atoms with Gasteiger partial charge in [-0.15, -0.1) is 0 Å². The molecular formula is C18H20BrClN3+. The number of piperazine rings is 1.